The van der Waals surface area contributed by atoms with Crippen LogP contribution in [0.4, 0.5) is 5.82 Å². The van der Waals surface area contributed by atoms with Gasteiger partial charge >= 0.3 is 0 Å². The van der Waals surface area contributed by atoms with Crippen LogP contribution in [0.15, 0.2) is 18.5 Å². The van der Waals surface area contributed by atoms with Crippen LogP contribution in [0.25, 0.3) is 10.9 Å². The highest BCUT2D eigenvalue weighted by Gasteiger charge is 2.12. The number of fused-ring (bicyclic) bond motifs is 1. The molecule has 25 heavy (non-hydrogen) atoms. The van der Waals surface area contributed by atoms with Crippen LogP contribution in [0, 0.1) is 4.78 Å². The van der Waals surface area contributed by atoms with Crippen LogP contribution in [0.5, 0.6) is 11.5 Å². The Bertz CT molecular complexity index is 822. The molecule has 1 atom stereocenters. The third-order valence-electron chi connectivity index (χ3n) is 3.53. The van der Waals surface area contributed by atoms with Gasteiger partial charge in [-0.1, -0.05) is 0 Å². The van der Waals surface area contributed by atoms with E-state index in [1.807, 2.05) is 26.0 Å². The van der Waals surface area contributed by atoms with E-state index in [0.29, 0.717) is 30.3 Å². The highest BCUT2D eigenvalue weighted by Crippen LogP contribution is 2.34. The summed E-state index contributed by atoms with van der Waals surface area (Å²) >= 11 is 0. The number of nitrogens with zero attached hydrogens (tertiary/aromatic N) is 2. The number of hydrogen-bond acceptors (Lipinski definition) is 7. The molecule has 0 amide bonds. The Morgan fingerprint density at radius 1 is 1.24 bits per heavy atom. The molecule has 0 saturated carbocycles. The molecule has 1 aromatic carbocycles. The second kappa shape index (κ2) is 8.33. The molecule has 0 aliphatic heterocycles. The Balaban J connectivity index is 2.14. The molecule has 138 valence electrons. The number of nitrogens with one attached hydrogen (secondary N) is 2. The quantitative estimate of drug-likeness (QED) is 0.661. The van der Waals surface area contributed by atoms with E-state index >= 15 is 0 Å². The number of ether oxygens (including phenoxy) is 2. The van der Waals surface area contributed by atoms with Crippen LogP contribution in [-0.2, 0) is 9.73 Å². The van der Waals surface area contributed by atoms with Crippen molar-refractivity contribution in [3.05, 3.63) is 18.5 Å². The lowest BCUT2D eigenvalue weighted by molar-refractivity contribution is 0.289. The molecule has 1 aromatic heterocycles. The molecule has 2 rings (SSSR count). The zero-order valence-corrected chi connectivity index (χ0v) is 16.0. The van der Waals surface area contributed by atoms with Gasteiger partial charge in [0, 0.05) is 39.2 Å². The fraction of sp³-hybridized carbons (Fsp3) is 0.529. The van der Waals surface area contributed by atoms with Crippen LogP contribution >= 0.6 is 0 Å². The van der Waals surface area contributed by atoms with Crippen LogP contribution in [0.1, 0.15) is 26.7 Å². The van der Waals surface area contributed by atoms with Gasteiger partial charge in [-0.25, -0.2) is 9.97 Å². The maximum atomic E-state index is 11.4. The van der Waals surface area contributed by atoms with Gasteiger partial charge < -0.3 is 14.8 Å². The van der Waals surface area contributed by atoms with Crippen LogP contribution in [0.2, 0.25) is 0 Å². The zero-order valence-electron chi connectivity index (χ0n) is 15.2. The summed E-state index contributed by atoms with van der Waals surface area (Å²) in [5.74, 6) is 2.39. The summed E-state index contributed by atoms with van der Waals surface area (Å²) < 4.78 is 30.0. The van der Waals surface area contributed by atoms with Gasteiger partial charge in [0.15, 0.2) is 11.5 Å². The van der Waals surface area contributed by atoms with E-state index in [1.54, 1.807) is 7.11 Å². The molecule has 0 spiro atoms. The predicted molar refractivity (Wildman–Crippen MR) is 101 cm³/mol. The van der Waals surface area contributed by atoms with Crippen molar-refractivity contribution < 1.29 is 13.7 Å². The number of rotatable bonds is 9. The van der Waals surface area contributed by atoms with Crippen molar-refractivity contribution in [2.45, 2.75) is 32.7 Å². The standard InChI is InChI=1S/C17H26N4O3S/c1-12(2)21-17-13-9-15(23-3)16(10-14(13)19-11-20-17)24-7-5-6-8-25(4,18)22/h9-12,18H,5-8H2,1-4H3,(H,19,20,21). The predicted octanol–water partition coefficient (Wildman–Crippen LogP) is 3.29. The summed E-state index contributed by atoms with van der Waals surface area (Å²) in [4.78, 5) is 8.61. The number of aromatic nitrogens is 2. The van der Waals surface area contributed by atoms with Crippen LogP contribution in [0.3, 0.4) is 0 Å². The first-order valence-electron chi connectivity index (χ1n) is 8.23. The lowest BCUT2D eigenvalue weighted by Crippen LogP contribution is -2.11. The smallest absolute Gasteiger partial charge is 0.163 e. The van der Waals surface area contributed by atoms with E-state index in [0.717, 1.165) is 23.1 Å². The molecular formula is C17H26N4O3S. The molecule has 0 aliphatic carbocycles. The molecule has 2 N–H and O–H groups in total. The zero-order chi connectivity index (χ0) is 18.4. The SMILES string of the molecule is COc1cc2c(NC(C)C)ncnc2cc1OCCCCS(C)(=N)=O. The van der Waals surface area contributed by atoms with Crippen molar-refractivity contribution in [2.24, 2.45) is 0 Å². The molecule has 0 aliphatic rings. The molecule has 1 heterocycles. The highest BCUT2D eigenvalue weighted by molar-refractivity contribution is 7.91. The number of benzene rings is 1. The molecular weight excluding hydrogens is 340 g/mol. The van der Waals surface area contributed by atoms with Gasteiger partial charge in [-0.3, -0.25) is 8.99 Å². The topological polar surface area (TPSA) is 97.2 Å². The Hall–Kier alpha value is -2.09. The van der Waals surface area contributed by atoms with Gasteiger partial charge in [-0.15, -0.1) is 0 Å². The summed E-state index contributed by atoms with van der Waals surface area (Å²) in [6.07, 6.45) is 4.41. The Morgan fingerprint density at radius 3 is 2.64 bits per heavy atom. The van der Waals surface area contributed by atoms with E-state index < -0.39 is 9.73 Å². The third kappa shape index (κ3) is 5.74. The van der Waals surface area contributed by atoms with Crippen molar-refractivity contribution in [3.8, 4) is 11.5 Å². The van der Waals surface area contributed by atoms with Crippen LogP contribution < -0.4 is 14.8 Å². The van der Waals surface area contributed by atoms with Crippen molar-refractivity contribution in [1.29, 1.82) is 4.78 Å². The van der Waals surface area contributed by atoms with Gasteiger partial charge in [-0.2, -0.15) is 0 Å². The second-order valence-electron chi connectivity index (χ2n) is 6.31. The molecule has 7 nitrogen and oxygen atoms in total. The third-order valence-corrected chi connectivity index (χ3v) is 4.60. The lowest BCUT2D eigenvalue weighted by atomic mass is 10.2. The average Bonchev–Trinajstić information content (AvgIpc) is 2.52. The van der Waals surface area contributed by atoms with E-state index in [2.05, 4.69) is 15.3 Å². The number of hydrogen-bond donors (Lipinski definition) is 2. The minimum absolute atomic E-state index is 0.255. The maximum Gasteiger partial charge on any atom is 0.163 e. The molecule has 0 saturated heterocycles. The molecule has 2 aromatic rings. The maximum absolute atomic E-state index is 11.4. The van der Waals surface area contributed by atoms with Crippen LogP contribution in [-0.4, -0.2) is 45.9 Å². The minimum atomic E-state index is -2.43. The van der Waals surface area contributed by atoms with Gasteiger partial charge in [0.05, 0.1) is 19.2 Å². The average molecular weight is 366 g/mol. The second-order valence-corrected chi connectivity index (χ2v) is 8.72. The number of methoxy groups -OCH3 is 1. The van der Waals surface area contributed by atoms with E-state index in [1.165, 1.54) is 12.6 Å². The van der Waals surface area contributed by atoms with Crippen molar-refractivity contribution >= 4 is 26.4 Å². The molecule has 8 heteroatoms. The van der Waals surface area contributed by atoms with Crippen molar-refractivity contribution in [1.82, 2.24) is 9.97 Å². The highest BCUT2D eigenvalue weighted by atomic mass is 32.2. The summed E-state index contributed by atoms with van der Waals surface area (Å²) in [7, 11) is -0.833. The normalized spacial score (nSPS) is 13.6. The molecule has 0 bridgehead atoms. The molecule has 0 fully saturated rings. The molecule has 1 unspecified atom stereocenters. The summed E-state index contributed by atoms with van der Waals surface area (Å²) in [5.41, 5.74) is 0.775. The Labute approximate surface area is 149 Å². The first kappa shape index (κ1) is 19.2. The van der Waals surface area contributed by atoms with E-state index in [-0.39, 0.29) is 6.04 Å². The number of anilines is 1. The van der Waals surface area contributed by atoms with Crippen molar-refractivity contribution in [2.75, 3.05) is 31.0 Å². The lowest BCUT2D eigenvalue weighted by Gasteiger charge is -2.15. The summed E-state index contributed by atoms with van der Waals surface area (Å²) in [5, 5.41) is 4.18. The number of unbranched alkanes of at least 4 members (excludes halogenated alkanes) is 1. The fourth-order valence-corrected chi connectivity index (χ4v) is 3.14. The molecule has 0 radical (unpaired) electrons. The Kier molecular flexibility index (Phi) is 6.41. The van der Waals surface area contributed by atoms with Gasteiger partial charge in [0.25, 0.3) is 0 Å². The summed E-state index contributed by atoms with van der Waals surface area (Å²) in [6, 6.07) is 3.97. The van der Waals surface area contributed by atoms with Crippen molar-refractivity contribution in [3.63, 3.8) is 0 Å². The van der Waals surface area contributed by atoms with E-state index in [9.17, 15) is 4.21 Å². The van der Waals surface area contributed by atoms with Gasteiger partial charge in [-0.05, 0) is 32.8 Å². The monoisotopic (exact) mass is 366 g/mol. The van der Waals surface area contributed by atoms with Gasteiger partial charge in [0.1, 0.15) is 12.1 Å². The fourth-order valence-electron chi connectivity index (χ4n) is 2.39. The first-order chi connectivity index (χ1) is 11.8. The van der Waals surface area contributed by atoms with E-state index in [4.69, 9.17) is 14.3 Å². The first-order valence-corrected chi connectivity index (χ1v) is 10.4. The van der Waals surface area contributed by atoms with Gasteiger partial charge in [0.2, 0.25) is 0 Å². The minimum Gasteiger partial charge on any atom is -0.493 e. The largest absolute Gasteiger partial charge is 0.493 e. The Morgan fingerprint density at radius 2 is 2.00 bits per heavy atom. The summed E-state index contributed by atoms with van der Waals surface area (Å²) in [6.45, 7) is 4.57.